The minimum Gasteiger partial charge on any atom is -0.369 e. The van der Waals surface area contributed by atoms with Crippen molar-refractivity contribution in [3.8, 4) is 0 Å². The highest BCUT2D eigenvalue weighted by Gasteiger charge is 2.24. The fraction of sp³-hybridized carbons (Fsp3) is 0.714. The second kappa shape index (κ2) is 6.57. The molecule has 1 atom stereocenters. The third-order valence-electron chi connectivity index (χ3n) is 3.35. The minimum absolute atomic E-state index is 0.535. The molecule has 1 aromatic rings. The van der Waals surface area contributed by atoms with Crippen LogP contribution in [0.25, 0.3) is 0 Å². The number of nitrogens with zero attached hydrogens (tertiary/aromatic N) is 2. The number of rotatable bonds is 8. The van der Waals surface area contributed by atoms with E-state index in [1.54, 1.807) is 6.20 Å². The Morgan fingerprint density at radius 3 is 2.72 bits per heavy atom. The molecule has 0 saturated heterocycles. The summed E-state index contributed by atoms with van der Waals surface area (Å²) < 4.78 is 0. The molecule has 1 unspecified atom stereocenters. The zero-order valence-electron chi connectivity index (χ0n) is 11.4. The van der Waals surface area contributed by atoms with Gasteiger partial charge in [0.15, 0.2) is 0 Å². The summed E-state index contributed by atoms with van der Waals surface area (Å²) in [6, 6.07) is 0.535. The first-order valence-corrected chi connectivity index (χ1v) is 7.14. The van der Waals surface area contributed by atoms with Crippen LogP contribution in [0.2, 0.25) is 0 Å². The molecule has 0 bridgehead atoms. The van der Waals surface area contributed by atoms with Crippen molar-refractivity contribution >= 4 is 11.6 Å². The second-order valence-corrected chi connectivity index (χ2v) is 5.14. The minimum atomic E-state index is 0.535. The van der Waals surface area contributed by atoms with Crippen LogP contribution in [0.5, 0.6) is 0 Å². The highest BCUT2D eigenvalue weighted by Crippen LogP contribution is 2.34. The quantitative estimate of drug-likeness (QED) is 0.741. The van der Waals surface area contributed by atoms with Crippen molar-refractivity contribution in [3.05, 3.63) is 12.4 Å². The highest BCUT2D eigenvalue weighted by atomic mass is 15.1. The molecule has 100 valence electrons. The van der Waals surface area contributed by atoms with Crippen LogP contribution in [-0.4, -0.2) is 22.6 Å². The van der Waals surface area contributed by atoms with E-state index in [9.17, 15) is 0 Å². The van der Waals surface area contributed by atoms with E-state index in [-0.39, 0.29) is 0 Å². The molecule has 2 rings (SSSR count). The Balaban J connectivity index is 1.89. The van der Waals surface area contributed by atoms with Gasteiger partial charge in [-0.3, -0.25) is 4.98 Å². The van der Waals surface area contributed by atoms with Crippen LogP contribution in [-0.2, 0) is 0 Å². The summed E-state index contributed by atoms with van der Waals surface area (Å²) in [6.07, 6.45) is 9.91. The van der Waals surface area contributed by atoms with Crippen molar-refractivity contribution in [1.82, 2.24) is 9.97 Å². The fourth-order valence-electron chi connectivity index (χ4n) is 2.07. The van der Waals surface area contributed by atoms with Gasteiger partial charge in [-0.2, -0.15) is 0 Å². The predicted octanol–water partition coefficient (Wildman–Crippen LogP) is 3.29. The largest absolute Gasteiger partial charge is 0.369 e. The lowest BCUT2D eigenvalue weighted by atomic mass is 10.1. The van der Waals surface area contributed by atoms with Crippen LogP contribution in [0.15, 0.2) is 12.4 Å². The van der Waals surface area contributed by atoms with Crippen molar-refractivity contribution < 1.29 is 0 Å². The van der Waals surface area contributed by atoms with Crippen molar-refractivity contribution in [1.29, 1.82) is 0 Å². The van der Waals surface area contributed by atoms with Crippen LogP contribution in [0, 0.1) is 5.92 Å². The molecule has 0 radical (unpaired) electrons. The molecule has 1 aliphatic rings. The van der Waals surface area contributed by atoms with E-state index in [1.807, 2.05) is 6.20 Å². The van der Waals surface area contributed by atoms with Crippen molar-refractivity contribution in [2.45, 2.75) is 52.0 Å². The molecule has 0 aromatic carbocycles. The molecule has 2 N–H and O–H groups in total. The number of nitrogens with one attached hydrogen (secondary N) is 2. The van der Waals surface area contributed by atoms with Crippen molar-refractivity contribution in [2.75, 3.05) is 17.2 Å². The molecule has 1 saturated carbocycles. The Bertz CT molecular complexity index is 363. The summed E-state index contributed by atoms with van der Waals surface area (Å²) in [5.41, 5.74) is 0. The van der Waals surface area contributed by atoms with Crippen molar-refractivity contribution in [2.24, 2.45) is 5.92 Å². The number of aromatic nitrogens is 2. The molecule has 1 fully saturated rings. The lowest BCUT2D eigenvalue weighted by molar-refractivity contribution is 0.585. The van der Waals surface area contributed by atoms with Gasteiger partial charge >= 0.3 is 0 Å². The van der Waals surface area contributed by atoms with Gasteiger partial charge < -0.3 is 10.6 Å². The molecule has 1 aliphatic carbocycles. The van der Waals surface area contributed by atoms with Gasteiger partial charge in [0.1, 0.15) is 11.6 Å². The zero-order chi connectivity index (χ0) is 12.8. The van der Waals surface area contributed by atoms with E-state index in [4.69, 9.17) is 0 Å². The van der Waals surface area contributed by atoms with E-state index >= 15 is 0 Å². The van der Waals surface area contributed by atoms with E-state index in [2.05, 4.69) is 34.4 Å². The second-order valence-electron chi connectivity index (χ2n) is 5.14. The van der Waals surface area contributed by atoms with Crippen LogP contribution in [0.1, 0.15) is 46.0 Å². The van der Waals surface area contributed by atoms with Gasteiger partial charge in [-0.1, -0.05) is 26.7 Å². The fourth-order valence-corrected chi connectivity index (χ4v) is 2.07. The topological polar surface area (TPSA) is 49.8 Å². The molecule has 18 heavy (non-hydrogen) atoms. The Labute approximate surface area is 110 Å². The first-order chi connectivity index (χ1) is 8.81. The maximum absolute atomic E-state index is 4.54. The summed E-state index contributed by atoms with van der Waals surface area (Å²) in [5, 5.41) is 6.77. The van der Waals surface area contributed by atoms with Crippen molar-refractivity contribution in [3.63, 3.8) is 0 Å². The summed E-state index contributed by atoms with van der Waals surface area (Å²) >= 11 is 0. The summed E-state index contributed by atoms with van der Waals surface area (Å²) in [6.45, 7) is 5.31. The maximum Gasteiger partial charge on any atom is 0.147 e. The van der Waals surface area contributed by atoms with Gasteiger partial charge in [-0.05, 0) is 25.2 Å². The van der Waals surface area contributed by atoms with Crippen LogP contribution < -0.4 is 10.6 Å². The van der Waals surface area contributed by atoms with E-state index in [1.165, 1.54) is 19.3 Å². The van der Waals surface area contributed by atoms with Crippen LogP contribution in [0.3, 0.4) is 0 Å². The highest BCUT2D eigenvalue weighted by molar-refractivity contribution is 5.42. The first-order valence-electron chi connectivity index (χ1n) is 7.14. The molecule has 0 aliphatic heterocycles. The monoisotopic (exact) mass is 248 g/mol. The smallest absolute Gasteiger partial charge is 0.147 e. The predicted molar refractivity (Wildman–Crippen MR) is 75.9 cm³/mol. The Kier molecular flexibility index (Phi) is 4.79. The SMILES string of the molecule is CCCNc1cncc(NC(CC)CC2CC2)n1. The van der Waals surface area contributed by atoms with E-state index < -0.39 is 0 Å². The summed E-state index contributed by atoms with van der Waals surface area (Å²) in [5.74, 6) is 2.70. The third kappa shape index (κ3) is 4.17. The Hall–Kier alpha value is -1.32. The van der Waals surface area contributed by atoms with Gasteiger partial charge in [0.25, 0.3) is 0 Å². The number of anilines is 2. The molecule has 1 aromatic heterocycles. The normalized spacial score (nSPS) is 16.3. The average Bonchev–Trinajstić information content (AvgIpc) is 3.20. The Morgan fingerprint density at radius 1 is 1.28 bits per heavy atom. The number of hydrogen-bond acceptors (Lipinski definition) is 4. The number of hydrogen-bond donors (Lipinski definition) is 2. The average molecular weight is 248 g/mol. The van der Waals surface area contributed by atoms with Crippen LogP contribution >= 0.6 is 0 Å². The lowest BCUT2D eigenvalue weighted by Gasteiger charge is -2.17. The standard InChI is InChI=1S/C14H24N4/c1-3-7-16-13-9-15-10-14(18-13)17-12(4-2)8-11-5-6-11/h9-12H,3-8H2,1-2H3,(H2,16,17,18). The molecule has 0 spiro atoms. The first kappa shape index (κ1) is 13.1. The molecular formula is C14H24N4. The lowest BCUT2D eigenvalue weighted by Crippen LogP contribution is -2.20. The molecule has 4 heteroatoms. The van der Waals surface area contributed by atoms with E-state index in [0.29, 0.717) is 6.04 Å². The third-order valence-corrected chi connectivity index (χ3v) is 3.35. The Morgan fingerprint density at radius 2 is 2.06 bits per heavy atom. The molecule has 4 nitrogen and oxygen atoms in total. The summed E-state index contributed by atoms with van der Waals surface area (Å²) in [7, 11) is 0. The van der Waals surface area contributed by atoms with E-state index in [0.717, 1.165) is 36.9 Å². The molecule has 0 amide bonds. The van der Waals surface area contributed by atoms with Gasteiger partial charge in [0, 0.05) is 12.6 Å². The van der Waals surface area contributed by atoms with Gasteiger partial charge in [0.2, 0.25) is 0 Å². The summed E-state index contributed by atoms with van der Waals surface area (Å²) in [4.78, 5) is 8.77. The maximum atomic E-state index is 4.54. The molecule has 1 heterocycles. The zero-order valence-corrected chi connectivity index (χ0v) is 11.4. The van der Waals surface area contributed by atoms with Crippen LogP contribution in [0.4, 0.5) is 11.6 Å². The van der Waals surface area contributed by atoms with Gasteiger partial charge in [0.05, 0.1) is 12.4 Å². The van der Waals surface area contributed by atoms with Gasteiger partial charge in [-0.25, -0.2) is 4.98 Å². The molecular weight excluding hydrogens is 224 g/mol. The van der Waals surface area contributed by atoms with Gasteiger partial charge in [-0.15, -0.1) is 0 Å².